The average molecular weight is 261 g/mol. The molecule has 0 unspecified atom stereocenters. The zero-order valence-corrected chi connectivity index (χ0v) is 12.6. The van der Waals surface area contributed by atoms with Crippen LogP contribution in [0.25, 0.3) is 11.4 Å². The summed E-state index contributed by atoms with van der Waals surface area (Å²) in [6.07, 6.45) is 2.08. The van der Waals surface area contributed by atoms with Crippen LogP contribution in [-0.4, -0.2) is 21.0 Å². The molecule has 3 nitrogen and oxygen atoms in total. The van der Waals surface area contributed by atoms with E-state index in [9.17, 15) is 0 Å². The Labute approximate surface area is 113 Å². The molecule has 0 amide bonds. The van der Waals surface area contributed by atoms with Gasteiger partial charge in [-0.1, -0.05) is 6.07 Å². The van der Waals surface area contributed by atoms with Gasteiger partial charge in [-0.3, -0.25) is 9.67 Å². The minimum Gasteiger partial charge on any atom is -0.261 e. The molecule has 0 aliphatic rings. The SMILES string of the molecule is CSc1c(C)c(-c2nc(C)c(C)cc2C)nn1C. The lowest BCUT2D eigenvalue weighted by Crippen LogP contribution is -1.97. The topological polar surface area (TPSA) is 30.7 Å². The van der Waals surface area contributed by atoms with Crippen LogP contribution in [0.5, 0.6) is 0 Å². The summed E-state index contributed by atoms with van der Waals surface area (Å²) in [5, 5.41) is 5.81. The summed E-state index contributed by atoms with van der Waals surface area (Å²) in [4.78, 5) is 4.71. The quantitative estimate of drug-likeness (QED) is 0.776. The summed E-state index contributed by atoms with van der Waals surface area (Å²) in [5.74, 6) is 0. The molecule has 4 heteroatoms. The molecular weight excluding hydrogens is 242 g/mol. The van der Waals surface area contributed by atoms with E-state index in [-0.39, 0.29) is 0 Å². The molecule has 0 atom stereocenters. The fraction of sp³-hybridized carbons (Fsp3) is 0.429. The smallest absolute Gasteiger partial charge is 0.115 e. The second-order valence-corrected chi connectivity index (χ2v) is 5.46. The van der Waals surface area contributed by atoms with Crippen LogP contribution in [0, 0.1) is 27.7 Å². The summed E-state index contributed by atoms with van der Waals surface area (Å²) in [7, 11) is 1.98. The van der Waals surface area contributed by atoms with Crippen molar-refractivity contribution in [1.82, 2.24) is 14.8 Å². The van der Waals surface area contributed by atoms with E-state index in [0.717, 1.165) is 17.1 Å². The van der Waals surface area contributed by atoms with E-state index in [1.807, 2.05) is 18.7 Å². The normalized spacial score (nSPS) is 11.0. The number of nitrogens with zero attached hydrogens (tertiary/aromatic N) is 3. The molecule has 0 aliphatic heterocycles. The van der Waals surface area contributed by atoms with Crippen LogP contribution in [-0.2, 0) is 7.05 Å². The molecular formula is C14H19N3S. The van der Waals surface area contributed by atoms with Gasteiger partial charge in [0.05, 0.1) is 10.7 Å². The largest absolute Gasteiger partial charge is 0.261 e. The lowest BCUT2D eigenvalue weighted by atomic mass is 10.1. The van der Waals surface area contributed by atoms with E-state index >= 15 is 0 Å². The van der Waals surface area contributed by atoms with Crippen molar-refractivity contribution in [2.75, 3.05) is 6.26 Å². The van der Waals surface area contributed by atoms with Gasteiger partial charge in [-0.15, -0.1) is 11.8 Å². The zero-order chi connectivity index (χ0) is 13.4. The van der Waals surface area contributed by atoms with Gasteiger partial charge in [-0.25, -0.2) is 0 Å². The Bertz CT molecular complexity index is 600. The van der Waals surface area contributed by atoms with E-state index in [1.165, 1.54) is 21.7 Å². The third kappa shape index (κ3) is 2.05. The Morgan fingerprint density at radius 3 is 2.28 bits per heavy atom. The van der Waals surface area contributed by atoms with Crippen molar-refractivity contribution in [1.29, 1.82) is 0 Å². The molecule has 2 aromatic rings. The fourth-order valence-corrected chi connectivity index (χ4v) is 2.91. The lowest BCUT2D eigenvalue weighted by Gasteiger charge is -2.07. The van der Waals surface area contributed by atoms with E-state index in [4.69, 9.17) is 4.98 Å². The van der Waals surface area contributed by atoms with Crippen molar-refractivity contribution in [3.8, 4) is 11.4 Å². The molecule has 96 valence electrons. The zero-order valence-electron chi connectivity index (χ0n) is 11.8. The minimum atomic E-state index is 1.00. The monoisotopic (exact) mass is 261 g/mol. The Morgan fingerprint density at radius 2 is 1.72 bits per heavy atom. The van der Waals surface area contributed by atoms with Crippen molar-refractivity contribution in [3.63, 3.8) is 0 Å². The molecule has 0 bridgehead atoms. The molecule has 18 heavy (non-hydrogen) atoms. The van der Waals surface area contributed by atoms with E-state index in [1.54, 1.807) is 11.8 Å². The number of thioether (sulfide) groups is 1. The highest BCUT2D eigenvalue weighted by Crippen LogP contribution is 2.30. The number of hydrogen-bond donors (Lipinski definition) is 0. The molecule has 0 radical (unpaired) electrons. The number of aromatic nitrogens is 3. The van der Waals surface area contributed by atoms with Crippen LogP contribution in [0.15, 0.2) is 11.1 Å². The van der Waals surface area contributed by atoms with Crippen molar-refractivity contribution >= 4 is 11.8 Å². The van der Waals surface area contributed by atoms with Gasteiger partial charge in [0.1, 0.15) is 5.69 Å². The molecule has 0 saturated carbocycles. The Balaban J connectivity index is 2.66. The molecule has 2 heterocycles. The van der Waals surface area contributed by atoms with Crippen LogP contribution >= 0.6 is 11.8 Å². The average Bonchev–Trinajstić information content (AvgIpc) is 2.59. The summed E-state index contributed by atoms with van der Waals surface area (Å²) in [6.45, 7) is 8.36. The van der Waals surface area contributed by atoms with Gasteiger partial charge in [0.25, 0.3) is 0 Å². The molecule has 2 rings (SSSR count). The maximum absolute atomic E-state index is 4.71. The van der Waals surface area contributed by atoms with Gasteiger partial charge in [-0.05, 0) is 45.1 Å². The highest BCUT2D eigenvalue weighted by molar-refractivity contribution is 7.98. The van der Waals surface area contributed by atoms with Gasteiger partial charge < -0.3 is 0 Å². The summed E-state index contributed by atoms with van der Waals surface area (Å²) in [5.41, 5.74) is 6.71. The minimum absolute atomic E-state index is 1.00. The maximum Gasteiger partial charge on any atom is 0.115 e. The van der Waals surface area contributed by atoms with Crippen LogP contribution < -0.4 is 0 Å². The first-order chi connectivity index (χ1) is 8.45. The third-order valence-electron chi connectivity index (χ3n) is 3.29. The summed E-state index contributed by atoms with van der Waals surface area (Å²) in [6, 6.07) is 2.19. The molecule has 0 N–H and O–H groups in total. The highest BCUT2D eigenvalue weighted by atomic mass is 32.2. The van der Waals surface area contributed by atoms with Gasteiger partial charge in [0.2, 0.25) is 0 Å². The Morgan fingerprint density at radius 1 is 1.06 bits per heavy atom. The van der Waals surface area contributed by atoms with E-state index in [0.29, 0.717) is 0 Å². The first kappa shape index (κ1) is 13.1. The number of pyridine rings is 1. The second kappa shape index (κ2) is 4.76. The second-order valence-electron chi connectivity index (χ2n) is 4.66. The van der Waals surface area contributed by atoms with Crippen molar-refractivity contribution in [3.05, 3.63) is 28.5 Å². The van der Waals surface area contributed by atoms with Crippen LogP contribution in [0.1, 0.15) is 22.4 Å². The first-order valence-electron chi connectivity index (χ1n) is 5.98. The predicted molar refractivity (Wildman–Crippen MR) is 77.2 cm³/mol. The number of hydrogen-bond acceptors (Lipinski definition) is 3. The molecule has 0 aromatic carbocycles. The number of rotatable bonds is 2. The van der Waals surface area contributed by atoms with E-state index in [2.05, 4.69) is 38.2 Å². The molecule has 2 aromatic heterocycles. The van der Waals surface area contributed by atoms with Crippen molar-refractivity contribution < 1.29 is 0 Å². The molecule has 0 saturated heterocycles. The van der Waals surface area contributed by atoms with Gasteiger partial charge in [-0.2, -0.15) is 5.10 Å². The van der Waals surface area contributed by atoms with Gasteiger partial charge in [0.15, 0.2) is 0 Å². The van der Waals surface area contributed by atoms with Crippen molar-refractivity contribution in [2.24, 2.45) is 7.05 Å². The molecule has 0 spiro atoms. The third-order valence-corrected chi connectivity index (χ3v) is 4.25. The summed E-state index contributed by atoms with van der Waals surface area (Å²) >= 11 is 1.72. The highest BCUT2D eigenvalue weighted by Gasteiger charge is 2.16. The van der Waals surface area contributed by atoms with Crippen LogP contribution in [0.4, 0.5) is 0 Å². The summed E-state index contributed by atoms with van der Waals surface area (Å²) < 4.78 is 1.94. The Hall–Kier alpha value is -1.29. The van der Waals surface area contributed by atoms with Gasteiger partial charge >= 0.3 is 0 Å². The molecule has 0 aliphatic carbocycles. The Kier molecular flexibility index (Phi) is 3.48. The van der Waals surface area contributed by atoms with Crippen LogP contribution in [0.2, 0.25) is 0 Å². The number of aryl methyl sites for hydroxylation is 4. The first-order valence-corrected chi connectivity index (χ1v) is 7.21. The van der Waals surface area contributed by atoms with Crippen LogP contribution in [0.3, 0.4) is 0 Å². The van der Waals surface area contributed by atoms with Crippen molar-refractivity contribution in [2.45, 2.75) is 32.7 Å². The fourth-order valence-electron chi connectivity index (χ4n) is 2.21. The van der Waals surface area contributed by atoms with Gasteiger partial charge in [0, 0.05) is 18.3 Å². The maximum atomic E-state index is 4.71. The standard InChI is InChI=1S/C14H19N3S/c1-8-7-9(2)12(15-11(8)4)13-10(3)14(18-6)17(5)16-13/h7H,1-6H3. The van der Waals surface area contributed by atoms with E-state index < -0.39 is 0 Å². The lowest BCUT2D eigenvalue weighted by molar-refractivity contribution is 0.698. The predicted octanol–water partition coefficient (Wildman–Crippen LogP) is 3.44. The molecule has 0 fully saturated rings.